The minimum Gasteiger partial charge on any atom is -0.497 e. The Morgan fingerprint density at radius 3 is 2.08 bits per heavy atom. The van der Waals surface area contributed by atoms with Crippen LogP contribution >= 0.6 is 0 Å². The normalized spacial score (nSPS) is 11.0. The fourth-order valence-electron chi connectivity index (χ4n) is 5.76. The van der Waals surface area contributed by atoms with E-state index < -0.39 is 0 Å². The van der Waals surface area contributed by atoms with Crippen molar-refractivity contribution in [2.45, 2.75) is 39.3 Å². The van der Waals surface area contributed by atoms with Gasteiger partial charge in [0.1, 0.15) is 29.0 Å². The van der Waals surface area contributed by atoms with Crippen LogP contribution in [0.4, 0.5) is 17.5 Å². The molecule has 0 aliphatic rings. The first kappa shape index (κ1) is 32.4. The lowest BCUT2D eigenvalue weighted by Gasteiger charge is -2.26. The van der Waals surface area contributed by atoms with Crippen molar-refractivity contribution in [1.29, 1.82) is 0 Å². The quantitative estimate of drug-likeness (QED) is 0.125. The van der Waals surface area contributed by atoms with Gasteiger partial charge in [-0.3, -0.25) is 4.98 Å². The lowest BCUT2D eigenvalue weighted by molar-refractivity contribution is 0.288. The Balaban J connectivity index is 1.46. The molecule has 4 heterocycles. The van der Waals surface area contributed by atoms with Gasteiger partial charge in [-0.2, -0.15) is 0 Å². The van der Waals surface area contributed by atoms with Crippen molar-refractivity contribution >= 4 is 28.2 Å². The van der Waals surface area contributed by atoms with Gasteiger partial charge in [-0.15, -0.1) is 0 Å². The summed E-state index contributed by atoms with van der Waals surface area (Å²) < 4.78 is 10.9. The zero-order valence-corrected chi connectivity index (χ0v) is 27.6. The minimum atomic E-state index is 0.153. The fraction of sp³-hybridized carbons (Fsp3) is 0.231. The summed E-state index contributed by atoms with van der Waals surface area (Å²) in [5.41, 5.74) is 6.38. The van der Waals surface area contributed by atoms with Crippen LogP contribution in [0.25, 0.3) is 22.0 Å². The number of ether oxygens (including phenoxy) is 2. The van der Waals surface area contributed by atoms with Gasteiger partial charge < -0.3 is 24.8 Å². The van der Waals surface area contributed by atoms with Gasteiger partial charge in [0, 0.05) is 55.4 Å². The summed E-state index contributed by atoms with van der Waals surface area (Å²) in [6.07, 6.45) is 9.73. The number of hydrogen-bond donors (Lipinski definition) is 2. The molecule has 2 aromatic carbocycles. The molecule has 0 aliphatic carbocycles. The Morgan fingerprint density at radius 1 is 0.750 bits per heavy atom. The molecular formula is C39H40N6O3. The molecule has 9 nitrogen and oxygen atoms in total. The van der Waals surface area contributed by atoms with Crippen LogP contribution in [0.2, 0.25) is 0 Å². The van der Waals surface area contributed by atoms with Crippen LogP contribution in [0, 0.1) is 0 Å². The van der Waals surface area contributed by atoms with E-state index in [9.17, 15) is 5.11 Å². The number of anilines is 3. The van der Waals surface area contributed by atoms with Gasteiger partial charge in [0.05, 0.1) is 19.9 Å². The van der Waals surface area contributed by atoms with Crippen molar-refractivity contribution < 1.29 is 14.6 Å². The number of nitrogens with one attached hydrogen (secondary N) is 1. The van der Waals surface area contributed by atoms with Crippen molar-refractivity contribution in [2.75, 3.05) is 31.0 Å². The molecule has 2 N–H and O–H groups in total. The van der Waals surface area contributed by atoms with Gasteiger partial charge in [-0.1, -0.05) is 31.2 Å². The molecule has 244 valence electrons. The van der Waals surface area contributed by atoms with Crippen molar-refractivity contribution in [2.24, 2.45) is 0 Å². The molecule has 0 fully saturated rings. The zero-order valence-electron chi connectivity index (χ0n) is 27.6. The third-order valence-corrected chi connectivity index (χ3v) is 8.33. The predicted octanol–water partition coefficient (Wildman–Crippen LogP) is 7.54. The van der Waals surface area contributed by atoms with E-state index in [0.717, 1.165) is 68.9 Å². The summed E-state index contributed by atoms with van der Waals surface area (Å²) in [6.45, 7) is 3.52. The summed E-state index contributed by atoms with van der Waals surface area (Å²) in [5, 5.41) is 14.6. The number of aryl methyl sites for hydroxylation is 2. The average Bonchev–Trinajstić information content (AvgIpc) is 3.14. The first-order chi connectivity index (χ1) is 23.6. The molecule has 0 atom stereocenters. The van der Waals surface area contributed by atoms with Crippen molar-refractivity contribution in [3.63, 3.8) is 0 Å². The number of pyridine rings is 4. The van der Waals surface area contributed by atoms with Gasteiger partial charge in [0.25, 0.3) is 0 Å². The summed E-state index contributed by atoms with van der Waals surface area (Å²) in [6, 6.07) is 26.5. The number of aliphatic hydroxyl groups is 1. The Labute approximate surface area is 281 Å². The van der Waals surface area contributed by atoms with Crippen molar-refractivity contribution in [3.05, 3.63) is 126 Å². The molecule has 0 amide bonds. The van der Waals surface area contributed by atoms with Crippen LogP contribution in [-0.2, 0) is 25.9 Å². The van der Waals surface area contributed by atoms with E-state index in [2.05, 4.69) is 63.5 Å². The second kappa shape index (κ2) is 15.4. The molecule has 0 spiro atoms. The maximum atomic E-state index is 9.28. The highest BCUT2D eigenvalue weighted by molar-refractivity contribution is 5.96. The first-order valence-corrected chi connectivity index (χ1v) is 16.1. The van der Waals surface area contributed by atoms with E-state index in [0.29, 0.717) is 31.1 Å². The number of nitrogens with zero attached hydrogens (tertiary/aromatic N) is 5. The molecule has 4 aromatic heterocycles. The number of rotatable bonds is 14. The van der Waals surface area contributed by atoms with Crippen LogP contribution < -0.4 is 19.7 Å². The molecule has 0 saturated carbocycles. The number of hydrogen-bond acceptors (Lipinski definition) is 9. The van der Waals surface area contributed by atoms with Gasteiger partial charge in [-0.25, -0.2) is 15.0 Å². The molecule has 0 aliphatic heterocycles. The number of aromatic nitrogens is 4. The summed E-state index contributed by atoms with van der Waals surface area (Å²) >= 11 is 0. The highest BCUT2D eigenvalue weighted by Gasteiger charge is 2.19. The Kier molecular flexibility index (Phi) is 10.4. The van der Waals surface area contributed by atoms with Crippen LogP contribution in [0.15, 0.2) is 104 Å². The van der Waals surface area contributed by atoms with Crippen molar-refractivity contribution in [1.82, 2.24) is 19.9 Å². The van der Waals surface area contributed by atoms with Crippen LogP contribution in [0.1, 0.15) is 35.6 Å². The van der Waals surface area contributed by atoms with E-state index in [1.54, 1.807) is 20.4 Å². The molecule has 6 rings (SSSR count). The molecule has 6 aromatic rings. The second-order valence-electron chi connectivity index (χ2n) is 11.6. The lowest BCUT2D eigenvalue weighted by Crippen LogP contribution is -2.24. The molecule has 0 saturated heterocycles. The number of aliphatic hydroxyl groups excluding tert-OH is 1. The SMILES string of the molecule is CCc1ccncc1-c1cc2cc(Nc3cc(CCCO)ccn3)ncc2c(N(Cc2ccc(OC)cc2)Cc2ccc(OC)cc2)n1. The van der Waals surface area contributed by atoms with Crippen LogP contribution in [0.5, 0.6) is 11.5 Å². The largest absolute Gasteiger partial charge is 0.497 e. The predicted molar refractivity (Wildman–Crippen MR) is 191 cm³/mol. The Hall–Kier alpha value is -5.54. The molecule has 9 heteroatoms. The van der Waals surface area contributed by atoms with E-state index in [1.165, 1.54) is 5.56 Å². The van der Waals surface area contributed by atoms with E-state index in [-0.39, 0.29) is 6.61 Å². The molecule has 48 heavy (non-hydrogen) atoms. The maximum absolute atomic E-state index is 9.28. The van der Waals surface area contributed by atoms with E-state index in [4.69, 9.17) is 19.4 Å². The summed E-state index contributed by atoms with van der Waals surface area (Å²) in [4.78, 5) is 21.4. The summed E-state index contributed by atoms with van der Waals surface area (Å²) in [5.74, 6) is 3.83. The van der Waals surface area contributed by atoms with Crippen LogP contribution in [0.3, 0.4) is 0 Å². The van der Waals surface area contributed by atoms with Gasteiger partial charge >= 0.3 is 0 Å². The third kappa shape index (κ3) is 7.70. The monoisotopic (exact) mass is 640 g/mol. The second-order valence-corrected chi connectivity index (χ2v) is 11.6. The first-order valence-electron chi connectivity index (χ1n) is 16.1. The standard InChI is InChI=1S/C39H40N6O3/c1-4-30-16-17-40-23-34(30)36-21-31-22-38(44-37-20-27(6-5-19-46)15-18-41-37)42-24-35(31)39(43-36)45(25-28-7-11-32(47-2)12-8-28)26-29-9-13-33(48-3)14-10-29/h7-18,20-24,46H,4-6,19,25-26H2,1-3H3,(H,41,42,44). The third-order valence-electron chi connectivity index (χ3n) is 8.33. The van der Waals surface area contributed by atoms with Gasteiger partial charge in [-0.05, 0) is 101 Å². The van der Waals surface area contributed by atoms with Crippen LogP contribution in [-0.4, -0.2) is 45.9 Å². The summed E-state index contributed by atoms with van der Waals surface area (Å²) in [7, 11) is 3.35. The average molecular weight is 641 g/mol. The van der Waals surface area contributed by atoms with Gasteiger partial charge in [0.2, 0.25) is 0 Å². The highest BCUT2D eigenvalue weighted by atomic mass is 16.5. The number of benzene rings is 2. The topological polar surface area (TPSA) is 106 Å². The molecule has 0 bridgehead atoms. The van der Waals surface area contributed by atoms with Crippen molar-refractivity contribution in [3.8, 4) is 22.8 Å². The van der Waals surface area contributed by atoms with E-state index >= 15 is 0 Å². The maximum Gasteiger partial charge on any atom is 0.139 e. The van der Waals surface area contributed by atoms with Gasteiger partial charge in [0.15, 0.2) is 0 Å². The Bertz CT molecular complexity index is 1920. The molecule has 0 unspecified atom stereocenters. The van der Waals surface area contributed by atoms with E-state index in [1.807, 2.05) is 61.1 Å². The number of methoxy groups -OCH3 is 2. The molecular weight excluding hydrogens is 600 g/mol. The lowest BCUT2D eigenvalue weighted by atomic mass is 10.0. The Morgan fingerprint density at radius 2 is 1.44 bits per heavy atom. The number of fused-ring (bicyclic) bond motifs is 1. The zero-order chi connectivity index (χ0) is 33.3. The smallest absolute Gasteiger partial charge is 0.139 e. The molecule has 0 radical (unpaired) electrons. The fourth-order valence-corrected chi connectivity index (χ4v) is 5.76. The minimum absolute atomic E-state index is 0.153. The highest BCUT2D eigenvalue weighted by Crippen LogP contribution is 2.34.